The summed E-state index contributed by atoms with van der Waals surface area (Å²) in [5, 5.41) is 9.64. The second kappa shape index (κ2) is 11.6. The third kappa shape index (κ3) is 6.28. The van der Waals surface area contributed by atoms with Crippen molar-refractivity contribution in [3.8, 4) is 11.1 Å². The van der Waals surface area contributed by atoms with Crippen molar-refractivity contribution in [3.05, 3.63) is 124 Å². The van der Waals surface area contributed by atoms with Gasteiger partial charge in [0, 0.05) is 12.1 Å². The van der Waals surface area contributed by atoms with Crippen LogP contribution in [0.1, 0.15) is 61.0 Å². The van der Waals surface area contributed by atoms with Gasteiger partial charge in [-0.3, -0.25) is 9.59 Å². The van der Waals surface area contributed by atoms with Crippen molar-refractivity contribution in [2.45, 2.75) is 58.3 Å². The first-order valence-corrected chi connectivity index (χ1v) is 14.0. The molecule has 4 aromatic rings. The number of furan rings is 1. The van der Waals surface area contributed by atoms with Crippen LogP contribution in [0.5, 0.6) is 0 Å². The number of carboxylic acids is 1. The fourth-order valence-corrected chi connectivity index (χ4v) is 5.35. The number of fused-ring (bicyclic) bond motifs is 1. The van der Waals surface area contributed by atoms with Crippen molar-refractivity contribution in [1.82, 2.24) is 4.90 Å². The van der Waals surface area contributed by atoms with Crippen LogP contribution in [-0.2, 0) is 40.7 Å². The molecule has 1 aromatic heterocycles. The number of hydrogen-bond donors (Lipinski definition) is 1. The molecule has 8 heteroatoms. The smallest absolute Gasteiger partial charge is 0.449 e. The second-order valence-corrected chi connectivity index (χ2v) is 11.4. The summed E-state index contributed by atoms with van der Waals surface area (Å²) in [6.45, 7) is 5.24. The molecule has 1 N–H and O–H groups in total. The van der Waals surface area contributed by atoms with E-state index in [4.69, 9.17) is 4.42 Å². The van der Waals surface area contributed by atoms with Gasteiger partial charge in [0.05, 0.1) is 12.0 Å². The number of carbonyl (C=O) groups is 2. The fraction of sp³-hybridized carbons (Fsp3) is 0.257. The van der Waals surface area contributed by atoms with E-state index in [0.717, 1.165) is 52.3 Å². The molecule has 1 aliphatic rings. The van der Waals surface area contributed by atoms with E-state index in [2.05, 4.69) is 0 Å². The SMILES string of the molecule is CC1=C(C(=O)N(Cc2ccc(-c3cccc(C(C)(C)C(=O)O)c3)cc2)Cc2ccc(C(F)(F)F)o2)c2ccccc2CC1. The Bertz CT molecular complexity index is 1700. The average Bonchev–Trinajstić information content (AvgIpc) is 3.46. The summed E-state index contributed by atoms with van der Waals surface area (Å²) in [7, 11) is 0. The minimum atomic E-state index is -4.62. The second-order valence-electron chi connectivity index (χ2n) is 11.4. The predicted octanol–water partition coefficient (Wildman–Crippen LogP) is 8.28. The largest absolute Gasteiger partial charge is 0.481 e. The van der Waals surface area contributed by atoms with Gasteiger partial charge in [-0.25, -0.2) is 0 Å². The summed E-state index contributed by atoms with van der Waals surface area (Å²) in [4.78, 5) is 27.4. The van der Waals surface area contributed by atoms with Gasteiger partial charge in [0.1, 0.15) is 5.76 Å². The van der Waals surface area contributed by atoms with E-state index >= 15 is 0 Å². The van der Waals surface area contributed by atoms with E-state index in [1.54, 1.807) is 19.9 Å². The van der Waals surface area contributed by atoms with Crippen molar-refractivity contribution in [3.63, 3.8) is 0 Å². The topological polar surface area (TPSA) is 70.8 Å². The summed E-state index contributed by atoms with van der Waals surface area (Å²) in [5.41, 5.74) is 5.52. The molecule has 0 bridgehead atoms. The van der Waals surface area contributed by atoms with Crippen LogP contribution in [0.2, 0.25) is 0 Å². The Morgan fingerprint density at radius 1 is 0.860 bits per heavy atom. The van der Waals surface area contributed by atoms with Crippen molar-refractivity contribution in [1.29, 1.82) is 0 Å². The van der Waals surface area contributed by atoms with E-state index < -0.39 is 23.3 Å². The molecule has 0 aliphatic heterocycles. The number of benzene rings is 3. The van der Waals surface area contributed by atoms with Gasteiger partial charge in [0.2, 0.25) is 5.76 Å². The van der Waals surface area contributed by atoms with E-state index in [-0.39, 0.29) is 24.8 Å². The van der Waals surface area contributed by atoms with Crippen LogP contribution in [0.15, 0.2) is 94.9 Å². The maximum Gasteiger partial charge on any atom is 0.449 e. The van der Waals surface area contributed by atoms with Crippen molar-refractivity contribution < 1.29 is 32.3 Å². The number of halogens is 3. The number of alkyl halides is 3. The standard InChI is InChI=1S/C35H32F3NO4/c1-22-11-14-25-7-4-5-10-29(25)31(22)32(40)39(21-28-17-18-30(43-28)35(36,37)38)20-23-12-15-24(16-13-23)26-8-6-9-27(19-26)34(2,3)33(41)42/h4-10,12-13,15-19H,11,14,20-21H2,1-3H3,(H,41,42). The minimum absolute atomic E-state index is 0.0394. The molecule has 222 valence electrons. The highest BCUT2D eigenvalue weighted by Gasteiger charge is 2.35. The molecule has 0 spiro atoms. The van der Waals surface area contributed by atoms with E-state index in [1.165, 1.54) is 11.0 Å². The molecule has 0 fully saturated rings. The van der Waals surface area contributed by atoms with E-state index in [1.807, 2.05) is 73.7 Å². The number of rotatable bonds is 8. The van der Waals surface area contributed by atoms with Crippen LogP contribution in [0.3, 0.4) is 0 Å². The molecule has 0 saturated carbocycles. The summed E-state index contributed by atoms with van der Waals surface area (Å²) in [6, 6.07) is 24.7. The van der Waals surface area contributed by atoms with Crippen molar-refractivity contribution in [2.75, 3.05) is 0 Å². The number of aliphatic carboxylic acids is 1. The van der Waals surface area contributed by atoms with E-state index in [0.29, 0.717) is 11.1 Å². The number of aryl methyl sites for hydroxylation is 1. The number of carbonyl (C=O) groups excluding carboxylic acids is 1. The molecule has 3 aromatic carbocycles. The lowest BCUT2D eigenvalue weighted by Crippen LogP contribution is -2.32. The summed E-state index contributed by atoms with van der Waals surface area (Å²) < 4.78 is 44.8. The molecular weight excluding hydrogens is 555 g/mol. The summed E-state index contributed by atoms with van der Waals surface area (Å²) >= 11 is 0. The average molecular weight is 588 g/mol. The molecule has 5 nitrogen and oxygen atoms in total. The predicted molar refractivity (Wildman–Crippen MR) is 158 cm³/mol. The summed E-state index contributed by atoms with van der Waals surface area (Å²) in [6.07, 6.45) is -3.09. The Balaban J connectivity index is 1.45. The van der Waals surface area contributed by atoms with Crippen LogP contribution < -0.4 is 0 Å². The van der Waals surface area contributed by atoms with Crippen LogP contribution >= 0.6 is 0 Å². The zero-order chi connectivity index (χ0) is 30.9. The lowest BCUT2D eigenvalue weighted by molar-refractivity contribution is -0.153. The van der Waals surface area contributed by atoms with Crippen molar-refractivity contribution in [2.24, 2.45) is 0 Å². The van der Waals surface area contributed by atoms with Gasteiger partial charge >= 0.3 is 12.1 Å². The Kier molecular flexibility index (Phi) is 8.06. The molecule has 1 heterocycles. The number of allylic oxidation sites excluding steroid dienone is 1. The third-order valence-electron chi connectivity index (χ3n) is 8.05. The van der Waals surface area contributed by atoms with Crippen LogP contribution in [0, 0.1) is 0 Å². The van der Waals surface area contributed by atoms with Gasteiger partial charge in [-0.2, -0.15) is 13.2 Å². The zero-order valence-corrected chi connectivity index (χ0v) is 24.2. The highest BCUT2D eigenvalue weighted by Crippen LogP contribution is 2.35. The third-order valence-corrected chi connectivity index (χ3v) is 8.05. The maximum absolute atomic E-state index is 14.1. The van der Waals surface area contributed by atoms with Gasteiger partial charge < -0.3 is 14.4 Å². The van der Waals surface area contributed by atoms with Crippen LogP contribution in [0.4, 0.5) is 13.2 Å². The van der Waals surface area contributed by atoms with Gasteiger partial charge in [0.25, 0.3) is 5.91 Å². The Hall–Kier alpha value is -4.59. The minimum Gasteiger partial charge on any atom is -0.481 e. The first kappa shape index (κ1) is 29.9. The molecule has 0 saturated heterocycles. The highest BCUT2D eigenvalue weighted by atomic mass is 19.4. The Morgan fingerprint density at radius 3 is 2.26 bits per heavy atom. The molecule has 43 heavy (non-hydrogen) atoms. The van der Waals surface area contributed by atoms with Gasteiger partial charge in [-0.1, -0.05) is 78.4 Å². The van der Waals surface area contributed by atoms with Crippen LogP contribution in [-0.4, -0.2) is 21.9 Å². The molecule has 1 aliphatic carbocycles. The lowest BCUT2D eigenvalue weighted by Gasteiger charge is -2.28. The van der Waals surface area contributed by atoms with Gasteiger partial charge in [0.15, 0.2) is 0 Å². The lowest BCUT2D eigenvalue weighted by atomic mass is 9.83. The summed E-state index contributed by atoms with van der Waals surface area (Å²) in [5.74, 6) is -2.26. The maximum atomic E-state index is 14.1. The number of carboxylic acid groups (broad SMARTS) is 1. The fourth-order valence-electron chi connectivity index (χ4n) is 5.35. The normalized spacial score (nSPS) is 13.5. The number of nitrogens with zero attached hydrogens (tertiary/aromatic N) is 1. The zero-order valence-electron chi connectivity index (χ0n) is 24.2. The molecule has 0 unspecified atom stereocenters. The van der Waals surface area contributed by atoms with Gasteiger partial charge in [-0.05, 0) is 79.1 Å². The molecular formula is C35H32F3NO4. The molecule has 0 atom stereocenters. The highest BCUT2D eigenvalue weighted by molar-refractivity contribution is 6.21. The van der Waals surface area contributed by atoms with Gasteiger partial charge in [-0.15, -0.1) is 0 Å². The molecule has 1 amide bonds. The Labute approximate surface area is 248 Å². The Morgan fingerprint density at radius 2 is 1.58 bits per heavy atom. The number of hydrogen-bond acceptors (Lipinski definition) is 3. The molecule has 5 rings (SSSR count). The number of amides is 1. The van der Waals surface area contributed by atoms with E-state index in [9.17, 15) is 27.9 Å². The first-order chi connectivity index (χ1) is 20.3. The van der Waals surface area contributed by atoms with Crippen LogP contribution in [0.25, 0.3) is 16.7 Å². The monoisotopic (exact) mass is 587 g/mol. The first-order valence-electron chi connectivity index (χ1n) is 14.0. The molecule has 0 radical (unpaired) electrons. The van der Waals surface area contributed by atoms with Crippen molar-refractivity contribution >= 4 is 17.4 Å². The quantitative estimate of drug-likeness (QED) is 0.225.